The summed E-state index contributed by atoms with van der Waals surface area (Å²) < 4.78 is 6.71. The SMILES string of the molecule is CCCNC(c1ccc(OCC)cc1Br)C(CC)CC. The van der Waals surface area contributed by atoms with Crippen molar-refractivity contribution in [1.82, 2.24) is 5.32 Å². The second-order valence-corrected chi connectivity index (χ2v) is 5.98. The first-order chi connectivity index (χ1) is 9.67. The smallest absolute Gasteiger partial charge is 0.120 e. The maximum atomic E-state index is 5.57. The van der Waals surface area contributed by atoms with Crippen LogP contribution in [0.2, 0.25) is 0 Å². The summed E-state index contributed by atoms with van der Waals surface area (Å²) in [6, 6.07) is 6.77. The zero-order valence-electron chi connectivity index (χ0n) is 13.2. The summed E-state index contributed by atoms with van der Waals surface area (Å²) in [6.45, 7) is 10.5. The third-order valence-electron chi connectivity index (χ3n) is 3.75. The topological polar surface area (TPSA) is 21.3 Å². The molecule has 0 radical (unpaired) electrons. The predicted octanol–water partition coefficient (Wildman–Crippen LogP) is 5.32. The van der Waals surface area contributed by atoms with Crippen LogP contribution in [0.25, 0.3) is 0 Å². The quantitative estimate of drug-likeness (QED) is 0.655. The van der Waals surface area contributed by atoms with Crippen LogP contribution in [0.5, 0.6) is 5.75 Å². The Bertz CT molecular complexity index is 391. The van der Waals surface area contributed by atoms with Gasteiger partial charge in [-0.1, -0.05) is 55.6 Å². The van der Waals surface area contributed by atoms with Crippen LogP contribution >= 0.6 is 15.9 Å². The van der Waals surface area contributed by atoms with Crippen LogP contribution in [-0.4, -0.2) is 13.2 Å². The maximum Gasteiger partial charge on any atom is 0.120 e. The summed E-state index contributed by atoms with van der Waals surface area (Å²) in [5.41, 5.74) is 1.34. The van der Waals surface area contributed by atoms with Crippen LogP contribution in [0.15, 0.2) is 22.7 Å². The zero-order valence-corrected chi connectivity index (χ0v) is 14.8. The van der Waals surface area contributed by atoms with Crippen molar-refractivity contribution < 1.29 is 4.74 Å². The van der Waals surface area contributed by atoms with Gasteiger partial charge in [-0.2, -0.15) is 0 Å². The first-order valence-corrected chi connectivity index (χ1v) is 8.62. The largest absolute Gasteiger partial charge is 0.494 e. The summed E-state index contributed by atoms with van der Waals surface area (Å²) in [5.74, 6) is 1.60. The van der Waals surface area contributed by atoms with E-state index in [4.69, 9.17) is 4.74 Å². The molecule has 0 fully saturated rings. The van der Waals surface area contributed by atoms with Crippen molar-refractivity contribution in [3.63, 3.8) is 0 Å². The van der Waals surface area contributed by atoms with Crippen molar-refractivity contribution >= 4 is 15.9 Å². The monoisotopic (exact) mass is 341 g/mol. The van der Waals surface area contributed by atoms with Gasteiger partial charge in [0.25, 0.3) is 0 Å². The van der Waals surface area contributed by atoms with Crippen molar-refractivity contribution in [2.45, 2.75) is 53.0 Å². The fraction of sp³-hybridized carbons (Fsp3) is 0.647. The average Bonchev–Trinajstić information content (AvgIpc) is 2.45. The highest BCUT2D eigenvalue weighted by molar-refractivity contribution is 9.10. The van der Waals surface area contributed by atoms with Gasteiger partial charge in [-0.15, -0.1) is 0 Å². The molecule has 0 aliphatic carbocycles. The Morgan fingerprint density at radius 2 is 1.85 bits per heavy atom. The van der Waals surface area contributed by atoms with Gasteiger partial charge in [-0.25, -0.2) is 0 Å². The van der Waals surface area contributed by atoms with Crippen molar-refractivity contribution in [1.29, 1.82) is 0 Å². The molecule has 0 saturated heterocycles. The van der Waals surface area contributed by atoms with Crippen molar-refractivity contribution in [3.8, 4) is 5.75 Å². The highest BCUT2D eigenvalue weighted by Gasteiger charge is 2.22. The molecule has 0 aliphatic rings. The van der Waals surface area contributed by atoms with E-state index in [-0.39, 0.29) is 0 Å². The van der Waals surface area contributed by atoms with Gasteiger partial charge in [0.1, 0.15) is 5.75 Å². The number of rotatable bonds is 9. The van der Waals surface area contributed by atoms with Crippen molar-refractivity contribution in [3.05, 3.63) is 28.2 Å². The molecule has 1 N–H and O–H groups in total. The van der Waals surface area contributed by atoms with Crippen LogP contribution in [0.1, 0.15) is 58.6 Å². The molecule has 2 nitrogen and oxygen atoms in total. The van der Waals surface area contributed by atoms with Crippen LogP contribution in [0.4, 0.5) is 0 Å². The molecule has 1 rings (SSSR count). The molecule has 0 bridgehead atoms. The molecule has 1 aromatic rings. The molecule has 0 heterocycles. The van der Waals surface area contributed by atoms with Crippen LogP contribution in [-0.2, 0) is 0 Å². The highest BCUT2D eigenvalue weighted by atomic mass is 79.9. The molecule has 0 amide bonds. The minimum Gasteiger partial charge on any atom is -0.494 e. The minimum atomic E-state index is 0.412. The molecule has 1 unspecified atom stereocenters. The molecule has 0 spiro atoms. The number of benzene rings is 1. The molecule has 114 valence electrons. The van der Waals surface area contributed by atoms with E-state index in [0.29, 0.717) is 18.6 Å². The standard InChI is InChI=1S/C17H28BrNO/c1-5-11-19-17(13(6-2)7-3)15-10-9-14(20-8-4)12-16(15)18/h9-10,12-13,17,19H,5-8,11H2,1-4H3. The number of nitrogens with one attached hydrogen (secondary N) is 1. The average molecular weight is 342 g/mol. The number of hydrogen-bond donors (Lipinski definition) is 1. The maximum absolute atomic E-state index is 5.57. The fourth-order valence-corrected chi connectivity index (χ4v) is 3.21. The first-order valence-electron chi connectivity index (χ1n) is 7.83. The van der Waals surface area contributed by atoms with E-state index in [1.54, 1.807) is 0 Å². The summed E-state index contributed by atoms with van der Waals surface area (Å²) in [4.78, 5) is 0. The van der Waals surface area contributed by atoms with E-state index in [1.807, 2.05) is 6.92 Å². The normalized spacial score (nSPS) is 12.7. The Kier molecular flexibility index (Phi) is 8.24. The van der Waals surface area contributed by atoms with Crippen LogP contribution in [0.3, 0.4) is 0 Å². The molecule has 3 heteroatoms. The summed E-state index contributed by atoms with van der Waals surface area (Å²) in [5, 5.41) is 3.71. The van der Waals surface area contributed by atoms with E-state index < -0.39 is 0 Å². The molecule has 1 atom stereocenters. The molecular formula is C17H28BrNO. The fourth-order valence-electron chi connectivity index (χ4n) is 2.61. The molecule has 0 saturated carbocycles. The van der Waals surface area contributed by atoms with E-state index in [2.05, 4.69) is 60.2 Å². The van der Waals surface area contributed by atoms with Crippen LogP contribution < -0.4 is 10.1 Å². The molecule has 0 aromatic heterocycles. The van der Waals surface area contributed by atoms with Gasteiger partial charge in [-0.3, -0.25) is 0 Å². The van der Waals surface area contributed by atoms with E-state index >= 15 is 0 Å². The zero-order chi connectivity index (χ0) is 15.0. The lowest BCUT2D eigenvalue weighted by atomic mass is 9.88. The summed E-state index contributed by atoms with van der Waals surface area (Å²) >= 11 is 3.72. The second kappa shape index (κ2) is 9.41. The Balaban J connectivity index is 2.99. The Hall–Kier alpha value is -0.540. The van der Waals surface area contributed by atoms with Crippen molar-refractivity contribution in [2.24, 2.45) is 5.92 Å². The second-order valence-electron chi connectivity index (χ2n) is 5.12. The van der Waals surface area contributed by atoms with Gasteiger partial charge in [-0.05, 0) is 43.5 Å². The van der Waals surface area contributed by atoms with Gasteiger partial charge in [0.05, 0.1) is 6.61 Å². The van der Waals surface area contributed by atoms with E-state index in [0.717, 1.165) is 23.2 Å². The third-order valence-corrected chi connectivity index (χ3v) is 4.44. The van der Waals surface area contributed by atoms with Gasteiger partial charge in [0, 0.05) is 10.5 Å². The van der Waals surface area contributed by atoms with E-state index in [1.165, 1.54) is 18.4 Å². The Morgan fingerprint density at radius 1 is 1.15 bits per heavy atom. The van der Waals surface area contributed by atoms with Gasteiger partial charge in [0.15, 0.2) is 0 Å². The Labute approximate surface area is 132 Å². The highest BCUT2D eigenvalue weighted by Crippen LogP contribution is 2.34. The van der Waals surface area contributed by atoms with Gasteiger partial charge in [0.2, 0.25) is 0 Å². The van der Waals surface area contributed by atoms with E-state index in [9.17, 15) is 0 Å². The van der Waals surface area contributed by atoms with Gasteiger partial charge >= 0.3 is 0 Å². The predicted molar refractivity (Wildman–Crippen MR) is 90.4 cm³/mol. The molecule has 20 heavy (non-hydrogen) atoms. The lowest BCUT2D eigenvalue weighted by molar-refractivity contribution is 0.333. The molecule has 1 aromatic carbocycles. The third kappa shape index (κ3) is 4.78. The van der Waals surface area contributed by atoms with Gasteiger partial charge < -0.3 is 10.1 Å². The number of halogens is 1. The first kappa shape index (κ1) is 17.5. The lowest BCUT2D eigenvalue weighted by Gasteiger charge is -2.28. The number of ether oxygens (including phenoxy) is 1. The Morgan fingerprint density at radius 3 is 2.35 bits per heavy atom. The summed E-state index contributed by atoms with van der Waals surface area (Å²) in [6.07, 6.45) is 3.54. The van der Waals surface area contributed by atoms with Crippen LogP contribution in [0, 0.1) is 5.92 Å². The molecule has 0 aliphatic heterocycles. The lowest BCUT2D eigenvalue weighted by Crippen LogP contribution is -2.29. The number of hydrogen-bond acceptors (Lipinski definition) is 2. The summed E-state index contributed by atoms with van der Waals surface area (Å²) in [7, 11) is 0. The minimum absolute atomic E-state index is 0.412. The van der Waals surface area contributed by atoms with Crippen molar-refractivity contribution in [2.75, 3.05) is 13.2 Å². The molecular weight excluding hydrogens is 314 g/mol.